The largest absolute Gasteiger partial charge is 0.330 e. The normalized spacial score (nSPS) is 25.4. The Labute approximate surface area is 103 Å². The second kappa shape index (κ2) is 5.61. The minimum absolute atomic E-state index is 0.0982. The summed E-state index contributed by atoms with van der Waals surface area (Å²) in [5.41, 5.74) is 6.63. The Hall–Kier alpha value is -0.930. The molecule has 94 valence electrons. The van der Waals surface area contributed by atoms with Crippen LogP contribution in [0.3, 0.4) is 0 Å². The molecule has 1 heterocycles. The molecule has 1 aromatic rings. The predicted molar refractivity (Wildman–Crippen MR) is 68.2 cm³/mol. The molecule has 3 heteroatoms. The van der Waals surface area contributed by atoms with Gasteiger partial charge in [-0.3, -0.25) is 4.90 Å². The van der Waals surface area contributed by atoms with Crippen LogP contribution in [0.4, 0.5) is 4.39 Å². The van der Waals surface area contributed by atoms with Crippen molar-refractivity contribution in [2.45, 2.75) is 25.8 Å². The molecule has 0 bridgehead atoms. The van der Waals surface area contributed by atoms with E-state index in [-0.39, 0.29) is 11.9 Å². The summed E-state index contributed by atoms with van der Waals surface area (Å²) in [6.07, 6.45) is 2.18. The molecule has 0 amide bonds. The Kier molecular flexibility index (Phi) is 4.13. The van der Waals surface area contributed by atoms with Gasteiger partial charge in [-0.1, -0.05) is 25.1 Å². The van der Waals surface area contributed by atoms with Crippen LogP contribution >= 0.6 is 0 Å². The molecular weight excluding hydrogens is 215 g/mol. The van der Waals surface area contributed by atoms with Gasteiger partial charge in [0.2, 0.25) is 0 Å². The zero-order chi connectivity index (χ0) is 12.3. The van der Waals surface area contributed by atoms with Gasteiger partial charge in [-0.15, -0.1) is 0 Å². The average molecular weight is 236 g/mol. The minimum atomic E-state index is -0.0982. The molecule has 0 radical (unpaired) electrons. The third-order valence-corrected chi connectivity index (χ3v) is 3.66. The second-order valence-electron chi connectivity index (χ2n) is 4.79. The molecule has 0 spiro atoms. The summed E-state index contributed by atoms with van der Waals surface area (Å²) < 4.78 is 13.9. The van der Waals surface area contributed by atoms with E-state index < -0.39 is 0 Å². The van der Waals surface area contributed by atoms with E-state index in [1.807, 2.05) is 12.1 Å². The van der Waals surface area contributed by atoms with Gasteiger partial charge in [0, 0.05) is 11.6 Å². The number of benzene rings is 1. The van der Waals surface area contributed by atoms with Gasteiger partial charge in [-0.2, -0.15) is 0 Å². The molecule has 1 saturated heterocycles. The van der Waals surface area contributed by atoms with E-state index in [2.05, 4.69) is 11.8 Å². The van der Waals surface area contributed by atoms with Gasteiger partial charge in [-0.25, -0.2) is 4.39 Å². The first-order valence-electron chi connectivity index (χ1n) is 6.46. The molecule has 1 fully saturated rings. The quantitative estimate of drug-likeness (QED) is 0.870. The first-order valence-corrected chi connectivity index (χ1v) is 6.46. The molecule has 0 saturated carbocycles. The van der Waals surface area contributed by atoms with Crippen LogP contribution in [-0.4, -0.2) is 24.5 Å². The number of likely N-dealkylation sites (tertiary alicyclic amines) is 1. The summed E-state index contributed by atoms with van der Waals surface area (Å²) >= 11 is 0. The van der Waals surface area contributed by atoms with Crippen LogP contribution in [0.2, 0.25) is 0 Å². The lowest BCUT2D eigenvalue weighted by Gasteiger charge is -2.28. The lowest BCUT2D eigenvalue weighted by Crippen LogP contribution is -2.29. The summed E-state index contributed by atoms with van der Waals surface area (Å²) in [4.78, 5) is 2.37. The average Bonchev–Trinajstić information content (AvgIpc) is 2.73. The number of nitrogens with zero attached hydrogens (tertiary/aromatic N) is 1. The van der Waals surface area contributed by atoms with Crippen molar-refractivity contribution >= 4 is 0 Å². The maximum absolute atomic E-state index is 13.9. The highest BCUT2D eigenvalue weighted by Crippen LogP contribution is 2.37. The van der Waals surface area contributed by atoms with Gasteiger partial charge in [0.05, 0.1) is 0 Å². The SMILES string of the molecule is CCCN1CCC(CN)C1c1ccccc1F. The van der Waals surface area contributed by atoms with Crippen LogP contribution < -0.4 is 5.73 Å². The van der Waals surface area contributed by atoms with Crippen LogP contribution in [-0.2, 0) is 0 Å². The van der Waals surface area contributed by atoms with Gasteiger partial charge in [0.15, 0.2) is 0 Å². The summed E-state index contributed by atoms with van der Waals surface area (Å²) in [5, 5.41) is 0. The fraction of sp³-hybridized carbons (Fsp3) is 0.571. The van der Waals surface area contributed by atoms with Crippen LogP contribution in [0.25, 0.3) is 0 Å². The second-order valence-corrected chi connectivity index (χ2v) is 4.79. The van der Waals surface area contributed by atoms with Crippen molar-refractivity contribution in [3.8, 4) is 0 Å². The molecule has 1 aliphatic heterocycles. The Balaban J connectivity index is 2.28. The maximum atomic E-state index is 13.9. The molecular formula is C14H21FN2. The molecule has 0 aliphatic carbocycles. The van der Waals surface area contributed by atoms with Crippen LogP contribution in [0, 0.1) is 11.7 Å². The summed E-state index contributed by atoms with van der Waals surface area (Å²) in [6.45, 7) is 4.86. The van der Waals surface area contributed by atoms with Gasteiger partial charge < -0.3 is 5.73 Å². The number of halogens is 1. The Morgan fingerprint density at radius 2 is 2.18 bits per heavy atom. The van der Waals surface area contributed by atoms with E-state index in [1.165, 1.54) is 0 Å². The van der Waals surface area contributed by atoms with Gasteiger partial charge >= 0.3 is 0 Å². The van der Waals surface area contributed by atoms with E-state index >= 15 is 0 Å². The molecule has 2 rings (SSSR count). The highest BCUT2D eigenvalue weighted by Gasteiger charge is 2.35. The molecule has 2 atom stereocenters. The van der Waals surface area contributed by atoms with Crippen LogP contribution in [0.5, 0.6) is 0 Å². The Bertz CT molecular complexity index is 367. The Morgan fingerprint density at radius 1 is 1.41 bits per heavy atom. The molecule has 2 N–H and O–H groups in total. The Morgan fingerprint density at radius 3 is 2.82 bits per heavy atom. The summed E-state index contributed by atoms with van der Waals surface area (Å²) in [7, 11) is 0. The van der Waals surface area contributed by atoms with Crippen molar-refractivity contribution in [2.24, 2.45) is 11.7 Å². The predicted octanol–water partition coefficient (Wildman–Crippen LogP) is 2.56. The molecule has 2 nitrogen and oxygen atoms in total. The fourth-order valence-electron chi connectivity index (χ4n) is 2.88. The van der Waals surface area contributed by atoms with Gasteiger partial charge in [0.25, 0.3) is 0 Å². The van der Waals surface area contributed by atoms with Crippen molar-refractivity contribution in [3.05, 3.63) is 35.6 Å². The zero-order valence-electron chi connectivity index (χ0n) is 10.4. The van der Waals surface area contributed by atoms with Gasteiger partial charge in [-0.05, 0) is 44.5 Å². The topological polar surface area (TPSA) is 29.3 Å². The van der Waals surface area contributed by atoms with E-state index in [4.69, 9.17) is 5.73 Å². The molecule has 0 aromatic heterocycles. The van der Waals surface area contributed by atoms with E-state index in [0.717, 1.165) is 31.5 Å². The van der Waals surface area contributed by atoms with Crippen molar-refractivity contribution in [3.63, 3.8) is 0 Å². The monoisotopic (exact) mass is 236 g/mol. The number of nitrogens with two attached hydrogens (primary N) is 1. The fourth-order valence-corrected chi connectivity index (χ4v) is 2.88. The molecule has 2 unspecified atom stereocenters. The van der Waals surface area contributed by atoms with E-state index in [9.17, 15) is 4.39 Å². The van der Waals surface area contributed by atoms with Crippen LogP contribution in [0.1, 0.15) is 31.4 Å². The first kappa shape index (κ1) is 12.5. The molecule has 17 heavy (non-hydrogen) atoms. The molecule has 1 aromatic carbocycles. The lowest BCUT2D eigenvalue weighted by atomic mass is 9.93. The molecule has 1 aliphatic rings. The van der Waals surface area contributed by atoms with Crippen molar-refractivity contribution < 1.29 is 4.39 Å². The minimum Gasteiger partial charge on any atom is -0.330 e. The number of hydrogen-bond acceptors (Lipinski definition) is 2. The lowest BCUT2D eigenvalue weighted by molar-refractivity contribution is 0.225. The number of hydrogen-bond donors (Lipinski definition) is 1. The number of rotatable bonds is 4. The smallest absolute Gasteiger partial charge is 0.127 e. The highest BCUT2D eigenvalue weighted by atomic mass is 19.1. The maximum Gasteiger partial charge on any atom is 0.127 e. The van der Waals surface area contributed by atoms with Crippen molar-refractivity contribution in [1.82, 2.24) is 4.90 Å². The third kappa shape index (κ3) is 2.50. The van der Waals surface area contributed by atoms with Crippen molar-refractivity contribution in [2.75, 3.05) is 19.6 Å². The third-order valence-electron chi connectivity index (χ3n) is 3.66. The standard InChI is InChI=1S/C14H21FN2/c1-2-8-17-9-7-11(10-16)14(17)12-5-3-4-6-13(12)15/h3-6,11,14H,2,7-10,16H2,1H3. The van der Waals surface area contributed by atoms with Crippen LogP contribution in [0.15, 0.2) is 24.3 Å². The zero-order valence-corrected chi connectivity index (χ0v) is 10.4. The van der Waals surface area contributed by atoms with Gasteiger partial charge in [0.1, 0.15) is 5.82 Å². The van der Waals surface area contributed by atoms with E-state index in [0.29, 0.717) is 12.5 Å². The summed E-state index contributed by atoms with van der Waals surface area (Å²) in [6, 6.07) is 7.27. The first-order chi connectivity index (χ1) is 8.27. The summed E-state index contributed by atoms with van der Waals surface area (Å²) in [5.74, 6) is 0.289. The van der Waals surface area contributed by atoms with Crippen molar-refractivity contribution in [1.29, 1.82) is 0 Å². The highest BCUT2D eigenvalue weighted by molar-refractivity contribution is 5.23. The van der Waals surface area contributed by atoms with E-state index in [1.54, 1.807) is 12.1 Å².